The number of rotatable bonds is 1. The number of fused-ring (bicyclic) bond motifs is 1. The molecule has 0 spiro atoms. The molecular weight excluding hydrogens is 304 g/mol. The average Bonchev–Trinajstić information content (AvgIpc) is 2.65. The lowest BCUT2D eigenvalue weighted by Crippen LogP contribution is -1.91. The van der Waals surface area contributed by atoms with E-state index in [1.54, 1.807) is 4.68 Å². The van der Waals surface area contributed by atoms with Crippen LogP contribution in [-0.4, -0.2) is 9.78 Å². The van der Waals surface area contributed by atoms with E-state index in [1.165, 1.54) is 0 Å². The van der Waals surface area contributed by atoms with Crippen LogP contribution in [0.25, 0.3) is 22.0 Å². The summed E-state index contributed by atoms with van der Waals surface area (Å²) in [6, 6.07) is 11.8. The molecule has 1 heterocycles. The molecule has 0 radical (unpaired) electrons. The maximum absolute atomic E-state index is 6.02. The highest BCUT2D eigenvalue weighted by atomic mass is 79.9. The standard InChI is InChI=1S/C14H13BrN4/c1-19-12-7-9(15)6-11(13(12)14(17)18-19)8-2-4-10(16)5-3-8/h2-7H,16H2,1H3,(H2,17,18). The zero-order valence-electron chi connectivity index (χ0n) is 10.4. The molecule has 4 nitrogen and oxygen atoms in total. The topological polar surface area (TPSA) is 69.9 Å². The Bertz CT molecular complexity index is 759. The Kier molecular flexibility index (Phi) is 2.71. The van der Waals surface area contributed by atoms with Gasteiger partial charge in [0.15, 0.2) is 5.82 Å². The fraction of sp³-hybridized carbons (Fsp3) is 0.0714. The second-order valence-electron chi connectivity index (χ2n) is 4.48. The number of nitrogen functional groups attached to an aromatic ring is 2. The second-order valence-corrected chi connectivity index (χ2v) is 5.39. The lowest BCUT2D eigenvalue weighted by Gasteiger charge is -2.06. The SMILES string of the molecule is Cn1nc(N)c2c(-c3ccc(N)cc3)cc(Br)cc21. The molecule has 3 rings (SSSR count). The van der Waals surface area contributed by atoms with Crippen LogP contribution in [0.5, 0.6) is 0 Å². The number of aromatic nitrogens is 2. The molecule has 4 N–H and O–H groups in total. The minimum Gasteiger partial charge on any atom is -0.399 e. The molecule has 0 fully saturated rings. The number of anilines is 2. The van der Waals surface area contributed by atoms with Gasteiger partial charge in [0.1, 0.15) is 0 Å². The Labute approximate surface area is 119 Å². The van der Waals surface area contributed by atoms with Crippen LogP contribution in [0.4, 0.5) is 11.5 Å². The van der Waals surface area contributed by atoms with Gasteiger partial charge in [0.25, 0.3) is 0 Å². The van der Waals surface area contributed by atoms with E-state index in [9.17, 15) is 0 Å². The molecule has 0 saturated heterocycles. The molecule has 5 heteroatoms. The summed E-state index contributed by atoms with van der Waals surface area (Å²) in [6.45, 7) is 0. The molecule has 96 valence electrons. The lowest BCUT2D eigenvalue weighted by atomic mass is 10.0. The smallest absolute Gasteiger partial charge is 0.154 e. The quantitative estimate of drug-likeness (QED) is 0.677. The van der Waals surface area contributed by atoms with Gasteiger partial charge in [0, 0.05) is 17.2 Å². The Hall–Kier alpha value is -2.01. The van der Waals surface area contributed by atoms with Gasteiger partial charge >= 0.3 is 0 Å². The molecule has 2 aromatic carbocycles. The normalized spacial score (nSPS) is 11.1. The van der Waals surface area contributed by atoms with Crippen LogP contribution in [-0.2, 0) is 7.05 Å². The molecule has 0 amide bonds. The fourth-order valence-electron chi connectivity index (χ4n) is 2.27. The molecular formula is C14H13BrN4. The molecule has 0 aliphatic carbocycles. The number of nitrogens with two attached hydrogens (primary N) is 2. The second kappa shape index (κ2) is 4.28. The van der Waals surface area contributed by atoms with Gasteiger partial charge in [0.2, 0.25) is 0 Å². The van der Waals surface area contributed by atoms with Gasteiger partial charge in [-0.1, -0.05) is 28.1 Å². The van der Waals surface area contributed by atoms with Gasteiger partial charge in [-0.3, -0.25) is 4.68 Å². The van der Waals surface area contributed by atoms with Crippen molar-refractivity contribution in [1.82, 2.24) is 9.78 Å². The van der Waals surface area contributed by atoms with Crippen LogP contribution in [0.15, 0.2) is 40.9 Å². The van der Waals surface area contributed by atoms with Crippen LogP contribution in [0.2, 0.25) is 0 Å². The summed E-state index contributed by atoms with van der Waals surface area (Å²) in [5.74, 6) is 0.539. The van der Waals surface area contributed by atoms with E-state index in [-0.39, 0.29) is 0 Å². The zero-order valence-corrected chi connectivity index (χ0v) is 12.0. The van der Waals surface area contributed by atoms with Crippen LogP contribution in [0.3, 0.4) is 0 Å². The summed E-state index contributed by atoms with van der Waals surface area (Å²) < 4.78 is 2.78. The van der Waals surface area contributed by atoms with Crippen molar-refractivity contribution in [3.63, 3.8) is 0 Å². The lowest BCUT2D eigenvalue weighted by molar-refractivity contribution is 0.802. The highest BCUT2D eigenvalue weighted by molar-refractivity contribution is 9.10. The van der Waals surface area contributed by atoms with E-state index < -0.39 is 0 Å². The number of aryl methyl sites for hydroxylation is 1. The first kappa shape index (κ1) is 12.0. The number of benzene rings is 2. The van der Waals surface area contributed by atoms with E-state index >= 15 is 0 Å². The van der Waals surface area contributed by atoms with Crippen LogP contribution >= 0.6 is 15.9 Å². The minimum absolute atomic E-state index is 0.539. The summed E-state index contributed by atoms with van der Waals surface area (Å²) in [5.41, 5.74) is 15.6. The molecule has 19 heavy (non-hydrogen) atoms. The minimum atomic E-state index is 0.539. The van der Waals surface area contributed by atoms with Crippen LogP contribution in [0.1, 0.15) is 0 Å². The molecule has 0 saturated carbocycles. The predicted octanol–water partition coefficient (Wildman–Crippen LogP) is 3.17. The highest BCUT2D eigenvalue weighted by Crippen LogP contribution is 2.35. The molecule has 0 atom stereocenters. The van der Waals surface area contributed by atoms with E-state index in [0.29, 0.717) is 5.82 Å². The number of nitrogens with zero attached hydrogens (tertiary/aromatic N) is 2. The first-order valence-electron chi connectivity index (χ1n) is 5.84. The molecule has 0 aliphatic rings. The number of hydrogen-bond acceptors (Lipinski definition) is 3. The van der Waals surface area contributed by atoms with Gasteiger partial charge in [-0.25, -0.2) is 0 Å². The Morgan fingerprint density at radius 3 is 2.47 bits per heavy atom. The van der Waals surface area contributed by atoms with Crippen molar-refractivity contribution in [1.29, 1.82) is 0 Å². The molecule has 0 unspecified atom stereocenters. The molecule has 3 aromatic rings. The monoisotopic (exact) mass is 316 g/mol. The predicted molar refractivity (Wildman–Crippen MR) is 82.7 cm³/mol. The van der Waals surface area contributed by atoms with Crippen molar-refractivity contribution in [2.75, 3.05) is 11.5 Å². The highest BCUT2D eigenvalue weighted by Gasteiger charge is 2.13. The van der Waals surface area contributed by atoms with Crippen LogP contribution < -0.4 is 11.5 Å². The Morgan fingerprint density at radius 1 is 1.11 bits per heavy atom. The van der Waals surface area contributed by atoms with E-state index in [1.807, 2.05) is 43.4 Å². The van der Waals surface area contributed by atoms with Crippen molar-refractivity contribution in [3.8, 4) is 11.1 Å². The van der Waals surface area contributed by atoms with Crippen LogP contribution in [0, 0.1) is 0 Å². The average molecular weight is 317 g/mol. The number of hydrogen-bond donors (Lipinski definition) is 2. The third-order valence-electron chi connectivity index (χ3n) is 3.17. The first-order valence-corrected chi connectivity index (χ1v) is 6.63. The molecule has 0 aliphatic heterocycles. The largest absolute Gasteiger partial charge is 0.399 e. The van der Waals surface area contributed by atoms with Crippen molar-refractivity contribution in [2.24, 2.45) is 7.05 Å². The zero-order chi connectivity index (χ0) is 13.6. The van der Waals surface area contributed by atoms with Crippen molar-refractivity contribution >= 4 is 38.3 Å². The van der Waals surface area contributed by atoms with E-state index in [2.05, 4.69) is 21.0 Å². The molecule has 0 bridgehead atoms. The van der Waals surface area contributed by atoms with Gasteiger partial charge in [-0.2, -0.15) is 5.10 Å². The summed E-state index contributed by atoms with van der Waals surface area (Å²) in [7, 11) is 1.89. The maximum Gasteiger partial charge on any atom is 0.154 e. The Morgan fingerprint density at radius 2 is 1.79 bits per heavy atom. The molecule has 1 aromatic heterocycles. The Balaban J connectivity index is 2.36. The summed E-state index contributed by atoms with van der Waals surface area (Å²) in [5, 5.41) is 5.25. The van der Waals surface area contributed by atoms with Crippen molar-refractivity contribution in [3.05, 3.63) is 40.9 Å². The third kappa shape index (κ3) is 1.96. The number of halogens is 1. The van der Waals surface area contributed by atoms with Gasteiger partial charge in [-0.05, 0) is 35.4 Å². The third-order valence-corrected chi connectivity index (χ3v) is 3.62. The first-order chi connectivity index (χ1) is 9.06. The van der Waals surface area contributed by atoms with Gasteiger partial charge in [0.05, 0.1) is 10.9 Å². The fourth-order valence-corrected chi connectivity index (χ4v) is 2.72. The summed E-state index contributed by atoms with van der Waals surface area (Å²) >= 11 is 3.53. The summed E-state index contributed by atoms with van der Waals surface area (Å²) in [4.78, 5) is 0. The van der Waals surface area contributed by atoms with E-state index in [4.69, 9.17) is 11.5 Å². The maximum atomic E-state index is 6.02. The van der Waals surface area contributed by atoms with Gasteiger partial charge < -0.3 is 11.5 Å². The van der Waals surface area contributed by atoms with Crippen molar-refractivity contribution < 1.29 is 0 Å². The van der Waals surface area contributed by atoms with E-state index in [0.717, 1.165) is 32.2 Å². The summed E-state index contributed by atoms with van der Waals surface area (Å²) in [6.07, 6.45) is 0. The van der Waals surface area contributed by atoms with Gasteiger partial charge in [-0.15, -0.1) is 0 Å². The van der Waals surface area contributed by atoms with Crippen molar-refractivity contribution in [2.45, 2.75) is 0 Å².